The van der Waals surface area contributed by atoms with Crippen LogP contribution in [0.2, 0.25) is 0 Å². The molecule has 1 unspecified atom stereocenters. The topological polar surface area (TPSA) is 86.8 Å². The fourth-order valence-electron chi connectivity index (χ4n) is 0.781. The summed E-state index contributed by atoms with van der Waals surface area (Å²) in [6.45, 7) is 0.442. The molecule has 0 aromatic rings. The Hall–Kier alpha value is -0.650. The van der Waals surface area contributed by atoms with Crippen LogP contribution in [-0.2, 0) is 4.79 Å². The first-order valence-electron chi connectivity index (χ1n) is 3.44. The number of hydrogen-bond donors (Lipinski definition) is 3. The first kappa shape index (κ1) is 10.3. The van der Waals surface area contributed by atoms with Gasteiger partial charge in [0.1, 0.15) is 6.04 Å². The van der Waals surface area contributed by atoms with Crippen molar-refractivity contribution >= 4 is 5.97 Å². The van der Waals surface area contributed by atoms with Crippen LogP contribution in [-0.4, -0.2) is 41.0 Å². The van der Waals surface area contributed by atoms with Gasteiger partial charge in [-0.15, -0.1) is 0 Å². The van der Waals surface area contributed by atoms with Gasteiger partial charge in [-0.1, -0.05) is 0 Å². The molecule has 0 amide bonds. The zero-order valence-electron chi connectivity index (χ0n) is 6.53. The van der Waals surface area contributed by atoms with E-state index < -0.39 is 12.0 Å². The molecule has 5 nitrogen and oxygen atoms in total. The van der Waals surface area contributed by atoms with Gasteiger partial charge in [-0.05, 0) is 19.4 Å². The van der Waals surface area contributed by atoms with E-state index in [9.17, 15) is 4.79 Å². The van der Waals surface area contributed by atoms with Crippen LogP contribution in [0.25, 0.3) is 0 Å². The van der Waals surface area contributed by atoms with Crippen molar-refractivity contribution in [3.05, 3.63) is 0 Å². The van der Waals surface area contributed by atoms with Gasteiger partial charge in [0.2, 0.25) is 0 Å². The van der Waals surface area contributed by atoms with Crippen LogP contribution in [0.15, 0.2) is 0 Å². The molecule has 0 heterocycles. The first-order chi connectivity index (χ1) is 5.09. The molecule has 0 radical (unpaired) electrons. The lowest BCUT2D eigenvalue weighted by atomic mass is 10.1. The van der Waals surface area contributed by atoms with Gasteiger partial charge in [0, 0.05) is 7.05 Å². The average molecular weight is 162 g/mol. The summed E-state index contributed by atoms with van der Waals surface area (Å²) in [4.78, 5) is 10.4. The molecule has 4 N–H and O–H groups in total. The Morgan fingerprint density at radius 1 is 1.73 bits per heavy atom. The summed E-state index contributed by atoms with van der Waals surface area (Å²) < 4.78 is 0. The van der Waals surface area contributed by atoms with Gasteiger partial charge in [0.25, 0.3) is 0 Å². The van der Waals surface area contributed by atoms with Crippen LogP contribution in [0.4, 0.5) is 0 Å². The molecule has 66 valence electrons. The van der Waals surface area contributed by atoms with E-state index in [4.69, 9.17) is 16.0 Å². The number of rotatable bonds is 5. The van der Waals surface area contributed by atoms with Gasteiger partial charge in [0.05, 0.1) is 0 Å². The predicted molar refractivity (Wildman–Crippen MR) is 39.3 cm³/mol. The smallest absolute Gasteiger partial charge is 0.323 e. The van der Waals surface area contributed by atoms with E-state index in [0.717, 1.165) is 0 Å². The van der Waals surface area contributed by atoms with Gasteiger partial charge >= 0.3 is 5.97 Å². The van der Waals surface area contributed by atoms with Crippen LogP contribution in [0, 0.1) is 0 Å². The Morgan fingerprint density at radius 2 is 2.27 bits per heavy atom. The van der Waals surface area contributed by atoms with Crippen LogP contribution < -0.4 is 5.73 Å². The van der Waals surface area contributed by atoms with Gasteiger partial charge in [-0.2, -0.15) is 5.06 Å². The molecule has 5 heteroatoms. The molecule has 0 saturated carbocycles. The molecular formula is C6H14N2O3. The lowest BCUT2D eigenvalue weighted by Crippen LogP contribution is -2.36. The highest BCUT2D eigenvalue weighted by atomic mass is 16.5. The summed E-state index contributed by atoms with van der Waals surface area (Å²) in [6, 6.07) is -0.835. The van der Waals surface area contributed by atoms with Crippen LogP contribution in [0.5, 0.6) is 0 Å². The third kappa shape index (κ3) is 3.92. The van der Waals surface area contributed by atoms with Crippen molar-refractivity contribution in [3.8, 4) is 0 Å². The Balaban J connectivity index is 3.80. The average Bonchev–Trinajstić information content (AvgIpc) is 1.87. The van der Waals surface area contributed by atoms with Crippen molar-refractivity contribution in [3.63, 3.8) is 0 Å². The second-order valence-corrected chi connectivity index (χ2v) is 2.36. The number of carbonyl (C=O) groups is 1. The summed E-state index contributed by atoms with van der Waals surface area (Å²) in [6.07, 6.45) is 0.973. The maximum absolute atomic E-state index is 10.4. The number of hydroxylamine groups is 2. The minimum absolute atomic E-state index is 0.374. The Kier molecular flexibility index (Phi) is 4.76. The molecule has 0 aromatic heterocycles. The lowest BCUT2D eigenvalue weighted by Gasteiger charge is -2.17. The number of carboxylic acid groups (broad SMARTS) is 1. The molecule has 0 aliphatic heterocycles. The molecule has 0 aliphatic carbocycles. The Bertz CT molecular complexity index is 127. The van der Waals surface area contributed by atoms with Crippen LogP contribution >= 0.6 is 0 Å². The quantitative estimate of drug-likeness (QED) is 0.474. The number of hydrogen-bond acceptors (Lipinski definition) is 4. The number of nitrogens with zero attached hydrogens (tertiary/aromatic N) is 1. The highest BCUT2D eigenvalue weighted by Gasteiger charge is 2.19. The molecule has 0 aromatic carbocycles. The predicted octanol–water partition coefficient (Wildman–Crippen LogP) is -0.500. The fourth-order valence-corrected chi connectivity index (χ4v) is 0.781. The third-order valence-corrected chi connectivity index (χ3v) is 1.42. The second-order valence-electron chi connectivity index (χ2n) is 2.36. The number of carboxylic acids is 1. The zero-order chi connectivity index (χ0) is 8.85. The molecule has 11 heavy (non-hydrogen) atoms. The minimum atomic E-state index is -1.02. The number of aliphatic carboxylic acids is 1. The Labute approximate surface area is 65.4 Å². The van der Waals surface area contributed by atoms with E-state index in [0.29, 0.717) is 24.4 Å². The molecule has 0 aliphatic rings. The van der Waals surface area contributed by atoms with E-state index >= 15 is 0 Å². The summed E-state index contributed by atoms with van der Waals surface area (Å²) >= 11 is 0. The van der Waals surface area contributed by atoms with E-state index in [1.807, 2.05) is 0 Å². The zero-order valence-corrected chi connectivity index (χ0v) is 6.53. The largest absolute Gasteiger partial charge is 0.480 e. The molecule has 0 rings (SSSR count). The molecular weight excluding hydrogens is 148 g/mol. The van der Waals surface area contributed by atoms with E-state index in [-0.39, 0.29) is 0 Å². The van der Waals surface area contributed by atoms with E-state index in [2.05, 4.69) is 0 Å². The SMILES string of the molecule is CN(O)C(CCCN)C(=O)O. The highest BCUT2D eigenvalue weighted by molar-refractivity contribution is 5.73. The van der Waals surface area contributed by atoms with E-state index in [1.165, 1.54) is 7.05 Å². The minimum Gasteiger partial charge on any atom is -0.480 e. The standard InChI is InChI=1S/C6H14N2O3/c1-8(11)5(6(9)10)3-2-4-7/h5,11H,2-4,7H2,1H3,(H,9,10). The summed E-state index contributed by atoms with van der Waals surface area (Å²) in [5.74, 6) is -1.02. The van der Waals surface area contributed by atoms with Crippen molar-refractivity contribution in [2.45, 2.75) is 18.9 Å². The lowest BCUT2D eigenvalue weighted by molar-refractivity contribution is -0.163. The van der Waals surface area contributed by atoms with E-state index in [1.54, 1.807) is 0 Å². The summed E-state index contributed by atoms with van der Waals surface area (Å²) in [7, 11) is 1.31. The molecule has 0 spiro atoms. The van der Waals surface area contributed by atoms with Crippen molar-refractivity contribution in [2.75, 3.05) is 13.6 Å². The van der Waals surface area contributed by atoms with Crippen molar-refractivity contribution < 1.29 is 15.1 Å². The maximum atomic E-state index is 10.4. The Morgan fingerprint density at radius 3 is 2.55 bits per heavy atom. The summed E-state index contributed by atoms with van der Waals surface area (Å²) in [5.41, 5.74) is 5.18. The van der Waals surface area contributed by atoms with Gasteiger partial charge in [-0.25, -0.2) is 0 Å². The van der Waals surface area contributed by atoms with Crippen molar-refractivity contribution in [2.24, 2.45) is 5.73 Å². The fraction of sp³-hybridized carbons (Fsp3) is 0.833. The van der Waals surface area contributed by atoms with Crippen LogP contribution in [0.1, 0.15) is 12.8 Å². The van der Waals surface area contributed by atoms with Crippen LogP contribution in [0.3, 0.4) is 0 Å². The molecule has 1 atom stereocenters. The second kappa shape index (κ2) is 5.06. The van der Waals surface area contributed by atoms with Gasteiger partial charge in [0.15, 0.2) is 0 Å². The monoisotopic (exact) mass is 162 g/mol. The van der Waals surface area contributed by atoms with Gasteiger partial charge in [-0.3, -0.25) is 4.79 Å². The highest BCUT2D eigenvalue weighted by Crippen LogP contribution is 2.01. The van der Waals surface area contributed by atoms with Crippen molar-refractivity contribution in [1.29, 1.82) is 0 Å². The first-order valence-corrected chi connectivity index (χ1v) is 3.44. The third-order valence-electron chi connectivity index (χ3n) is 1.42. The number of likely N-dealkylation sites (N-methyl/N-ethyl adjacent to an activating group) is 1. The normalized spacial score (nSPS) is 13.5. The molecule has 0 saturated heterocycles. The number of nitrogens with two attached hydrogens (primary N) is 1. The molecule has 0 fully saturated rings. The van der Waals surface area contributed by atoms with Gasteiger partial charge < -0.3 is 16.0 Å². The maximum Gasteiger partial charge on any atom is 0.323 e. The molecule has 0 bridgehead atoms. The summed E-state index contributed by atoms with van der Waals surface area (Å²) in [5, 5.41) is 18.0. The van der Waals surface area contributed by atoms with Crippen molar-refractivity contribution in [1.82, 2.24) is 5.06 Å².